The van der Waals surface area contributed by atoms with Gasteiger partial charge >= 0.3 is 0 Å². The highest BCUT2D eigenvalue weighted by atomic mass is 19.1. The second-order valence-electron chi connectivity index (χ2n) is 5.17. The van der Waals surface area contributed by atoms with E-state index in [2.05, 4.69) is 4.98 Å². The Morgan fingerprint density at radius 3 is 2.68 bits per heavy atom. The van der Waals surface area contributed by atoms with Crippen molar-refractivity contribution in [2.24, 2.45) is 0 Å². The number of rotatable bonds is 3. The van der Waals surface area contributed by atoms with E-state index in [0.717, 1.165) is 10.9 Å². The average molecular weight is 294 g/mol. The zero-order valence-electron chi connectivity index (χ0n) is 12.2. The molecule has 1 heterocycles. The Morgan fingerprint density at radius 1 is 1.14 bits per heavy atom. The van der Waals surface area contributed by atoms with Crippen LogP contribution in [0.5, 0.6) is 0 Å². The van der Waals surface area contributed by atoms with E-state index < -0.39 is 0 Å². The van der Waals surface area contributed by atoms with Crippen LogP contribution in [-0.4, -0.2) is 22.8 Å². The number of pyridine rings is 1. The second-order valence-corrected chi connectivity index (χ2v) is 5.17. The molecule has 1 amide bonds. The highest BCUT2D eigenvalue weighted by molar-refractivity contribution is 5.97. The summed E-state index contributed by atoms with van der Waals surface area (Å²) < 4.78 is 13.7. The van der Waals surface area contributed by atoms with Gasteiger partial charge in [-0.1, -0.05) is 36.4 Å². The first kappa shape index (κ1) is 14.2. The maximum atomic E-state index is 13.7. The second kappa shape index (κ2) is 5.93. The molecular formula is C18H15FN2O. The molecule has 0 unspecified atom stereocenters. The maximum Gasteiger partial charge on any atom is 0.255 e. The minimum atomic E-state index is -0.307. The molecule has 0 radical (unpaired) electrons. The normalized spacial score (nSPS) is 10.6. The maximum absolute atomic E-state index is 13.7. The summed E-state index contributed by atoms with van der Waals surface area (Å²) in [4.78, 5) is 18.2. The van der Waals surface area contributed by atoms with Crippen LogP contribution >= 0.6 is 0 Å². The van der Waals surface area contributed by atoms with E-state index in [1.54, 1.807) is 31.4 Å². The first-order chi connectivity index (χ1) is 10.6. The Labute approximate surface area is 128 Å². The van der Waals surface area contributed by atoms with Crippen LogP contribution in [0.25, 0.3) is 10.9 Å². The van der Waals surface area contributed by atoms with Gasteiger partial charge in [-0.15, -0.1) is 0 Å². The van der Waals surface area contributed by atoms with Gasteiger partial charge in [-0.25, -0.2) is 4.39 Å². The molecule has 1 aromatic heterocycles. The van der Waals surface area contributed by atoms with Crippen molar-refractivity contribution in [3.8, 4) is 0 Å². The summed E-state index contributed by atoms with van der Waals surface area (Å²) >= 11 is 0. The number of fused-ring (bicyclic) bond motifs is 1. The van der Waals surface area contributed by atoms with Gasteiger partial charge in [0.2, 0.25) is 0 Å². The smallest absolute Gasteiger partial charge is 0.255 e. The topological polar surface area (TPSA) is 33.2 Å². The van der Waals surface area contributed by atoms with Crippen LogP contribution in [0.1, 0.15) is 15.9 Å². The van der Waals surface area contributed by atoms with Gasteiger partial charge in [-0.3, -0.25) is 9.78 Å². The minimum Gasteiger partial charge on any atom is -0.337 e. The summed E-state index contributed by atoms with van der Waals surface area (Å²) in [7, 11) is 1.66. The van der Waals surface area contributed by atoms with Crippen molar-refractivity contribution in [3.63, 3.8) is 0 Å². The fourth-order valence-electron chi connectivity index (χ4n) is 2.36. The third-order valence-corrected chi connectivity index (χ3v) is 3.55. The van der Waals surface area contributed by atoms with Gasteiger partial charge in [0.25, 0.3) is 5.91 Å². The van der Waals surface area contributed by atoms with Crippen molar-refractivity contribution < 1.29 is 9.18 Å². The Bertz CT molecular complexity index is 832. The molecule has 22 heavy (non-hydrogen) atoms. The summed E-state index contributed by atoms with van der Waals surface area (Å²) in [6, 6.07) is 15.9. The fourth-order valence-corrected chi connectivity index (χ4v) is 2.36. The van der Waals surface area contributed by atoms with Gasteiger partial charge in [0.1, 0.15) is 5.82 Å². The van der Waals surface area contributed by atoms with E-state index in [-0.39, 0.29) is 18.3 Å². The molecule has 0 bridgehead atoms. The first-order valence-electron chi connectivity index (χ1n) is 6.99. The van der Waals surface area contributed by atoms with E-state index in [1.807, 2.05) is 30.3 Å². The summed E-state index contributed by atoms with van der Waals surface area (Å²) in [5.41, 5.74) is 1.83. The standard InChI is InChI=1S/C18H15FN2O/c1-21(12-14-7-2-4-8-16(14)19)18(22)15-10-13-6-3-5-9-17(13)20-11-15/h2-11H,12H2,1H3. The number of para-hydroxylation sites is 1. The van der Waals surface area contributed by atoms with Crippen molar-refractivity contribution in [1.82, 2.24) is 9.88 Å². The van der Waals surface area contributed by atoms with Gasteiger partial charge in [0.15, 0.2) is 0 Å². The lowest BCUT2D eigenvalue weighted by atomic mass is 10.1. The lowest BCUT2D eigenvalue weighted by Crippen LogP contribution is -2.26. The number of carbonyl (C=O) groups excluding carboxylic acids is 1. The van der Waals surface area contributed by atoms with E-state index >= 15 is 0 Å². The Balaban J connectivity index is 1.84. The zero-order chi connectivity index (χ0) is 15.5. The van der Waals surface area contributed by atoms with Crippen LogP contribution in [0, 0.1) is 5.82 Å². The monoisotopic (exact) mass is 294 g/mol. The van der Waals surface area contributed by atoms with Gasteiger partial charge in [-0.2, -0.15) is 0 Å². The molecular weight excluding hydrogens is 279 g/mol. The highest BCUT2D eigenvalue weighted by Crippen LogP contribution is 2.15. The minimum absolute atomic E-state index is 0.179. The fraction of sp³-hybridized carbons (Fsp3) is 0.111. The predicted molar refractivity (Wildman–Crippen MR) is 83.9 cm³/mol. The molecule has 3 aromatic rings. The molecule has 110 valence electrons. The Hall–Kier alpha value is -2.75. The van der Waals surface area contributed by atoms with Crippen molar-refractivity contribution in [2.45, 2.75) is 6.54 Å². The molecule has 3 rings (SSSR count). The first-order valence-corrected chi connectivity index (χ1v) is 6.99. The highest BCUT2D eigenvalue weighted by Gasteiger charge is 2.14. The molecule has 0 fully saturated rings. The molecule has 2 aromatic carbocycles. The number of hydrogen-bond acceptors (Lipinski definition) is 2. The largest absolute Gasteiger partial charge is 0.337 e. The molecule has 0 N–H and O–H groups in total. The molecule has 0 aliphatic heterocycles. The van der Waals surface area contributed by atoms with Crippen LogP contribution in [0.3, 0.4) is 0 Å². The Morgan fingerprint density at radius 2 is 1.86 bits per heavy atom. The summed E-state index contributed by atoms with van der Waals surface area (Å²) in [6.07, 6.45) is 1.56. The van der Waals surface area contributed by atoms with Crippen LogP contribution in [0.4, 0.5) is 4.39 Å². The van der Waals surface area contributed by atoms with E-state index in [1.165, 1.54) is 11.0 Å². The number of amides is 1. The summed E-state index contributed by atoms with van der Waals surface area (Å²) in [5, 5.41) is 0.910. The Kier molecular flexibility index (Phi) is 3.83. The van der Waals surface area contributed by atoms with Crippen molar-refractivity contribution in [2.75, 3.05) is 7.05 Å². The number of halogens is 1. The summed E-state index contributed by atoms with van der Waals surface area (Å²) in [6.45, 7) is 0.221. The van der Waals surface area contributed by atoms with Gasteiger partial charge in [0.05, 0.1) is 11.1 Å². The predicted octanol–water partition coefficient (Wildman–Crippen LogP) is 3.65. The zero-order valence-corrected chi connectivity index (χ0v) is 12.2. The van der Waals surface area contributed by atoms with Crippen molar-refractivity contribution in [1.29, 1.82) is 0 Å². The molecule has 0 atom stereocenters. The van der Waals surface area contributed by atoms with Crippen LogP contribution in [0.15, 0.2) is 60.8 Å². The molecule has 0 saturated carbocycles. The quantitative estimate of drug-likeness (QED) is 0.739. The molecule has 0 saturated heterocycles. The molecule has 4 heteroatoms. The molecule has 0 spiro atoms. The number of hydrogen-bond donors (Lipinski definition) is 0. The third-order valence-electron chi connectivity index (χ3n) is 3.55. The van der Waals surface area contributed by atoms with Gasteiger partial charge in [0, 0.05) is 30.7 Å². The number of benzene rings is 2. The average Bonchev–Trinajstić information content (AvgIpc) is 2.55. The summed E-state index contributed by atoms with van der Waals surface area (Å²) in [5.74, 6) is -0.486. The van der Waals surface area contributed by atoms with Crippen LogP contribution < -0.4 is 0 Å². The lowest BCUT2D eigenvalue weighted by Gasteiger charge is -2.17. The van der Waals surface area contributed by atoms with Gasteiger partial charge in [-0.05, 0) is 18.2 Å². The number of aromatic nitrogens is 1. The molecule has 0 aliphatic carbocycles. The van der Waals surface area contributed by atoms with Crippen molar-refractivity contribution >= 4 is 16.8 Å². The third kappa shape index (κ3) is 2.81. The molecule has 3 nitrogen and oxygen atoms in total. The lowest BCUT2D eigenvalue weighted by molar-refractivity contribution is 0.0783. The number of nitrogens with zero attached hydrogens (tertiary/aromatic N) is 2. The van der Waals surface area contributed by atoms with E-state index in [4.69, 9.17) is 0 Å². The molecule has 0 aliphatic rings. The van der Waals surface area contributed by atoms with E-state index in [0.29, 0.717) is 11.1 Å². The number of carbonyl (C=O) groups is 1. The van der Waals surface area contributed by atoms with Gasteiger partial charge < -0.3 is 4.90 Å². The van der Waals surface area contributed by atoms with Crippen molar-refractivity contribution in [3.05, 3.63) is 77.7 Å². The van der Waals surface area contributed by atoms with Crippen LogP contribution in [-0.2, 0) is 6.54 Å². The van der Waals surface area contributed by atoms with E-state index in [9.17, 15) is 9.18 Å². The SMILES string of the molecule is CN(Cc1ccccc1F)C(=O)c1cnc2ccccc2c1. The van der Waals surface area contributed by atoms with Crippen LogP contribution in [0.2, 0.25) is 0 Å².